The summed E-state index contributed by atoms with van der Waals surface area (Å²) in [6, 6.07) is 8.74. The number of fused-ring (bicyclic) bond motifs is 1. The molecule has 2 aromatic rings. The lowest BCUT2D eigenvalue weighted by Crippen LogP contribution is -2.47. The molecule has 3 heterocycles. The molecule has 0 saturated carbocycles. The van der Waals surface area contributed by atoms with Crippen LogP contribution < -0.4 is 5.32 Å². The molecule has 27 heavy (non-hydrogen) atoms. The van der Waals surface area contributed by atoms with E-state index in [4.69, 9.17) is 4.74 Å². The summed E-state index contributed by atoms with van der Waals surface area (Å²) in [6.45, 7) is 1.52. The van der Waals surface area contributed by atoms with E-state index >= 15 is 0 Å². The van der Waals surface area contributed by atoms with Gasteiger partial charge in [-0.15, -0.1) is 0 Å². The van der Waals surface area contributed by atoms with Crippen LogP contribution in [0.3, 0.4) is 0 Å². The Morgan fingerprint density at radius 1 is 1.11 bits per heavy atom. The fourth-order valence-corrected chi connectivity index (χ4v) is 4.52. The van der Waals surface area contributed by atoms with Crippen LogP contribution in [0.2, 0.25) is 0 Å². The minimum atomic E-state index is -0.413. The van der Waals surface area contributed by atoms with Gasteiger partial charge in [0.25, 0.3) is 11.8 Å². The van der Waals surface area contributed by atoms with Crippen LogP contribution in [-0.2, 0) is 14.9 Å². The van der Waals surface area contributed by atoms with Gasteiger partial charge in [-0.2, -0.15) is 11.3 Å². The molecule has 7 heteroatoms. The molecule has 0 unspecified atom stereocenters. The molecule has 6 nitrogen and oxygen atoms in total. The Morgan fingerprint density at radius 3 is 2.37 bits per heavy atom. The van der Waals surface area contributed by atoms with Crippen molar-refractivity contribution >= 4 is 29.1 Å². The Labute approximate surface area is 161 Å². The van der Waals surface area contributed by atoms with Gasteiger partial charge in [0, 0.05) is 25.2 Å². The highest BCUT2D eigenvalue weighted by Crippen LogP contribution is 2.35. The standard InChI is InChI=1S/C20H20N2O4S/c23-17(11-22-18(24)15-3-1-2-4-16(15)19(22)25)21-13-20(6-8-26-9-7-20)14-5-10-27-12-14/h1-5,10,12H,6-9,11,13H2,(H,21,23). The van der Waals surface area contributed by atoms with E-state index in [1.165, 1.54) is 5.56 Å². The third-order valence-corrected chi connectivity index (χ3v) is 6.07. The molecule has 4 rings (SSSR count). The van der Waals surface area contributed by atoms with Crippen LogP contribution in [0.1, 0.15) is 39.1 Å². The van der Waals surface area contributed by atoms with Crippen molar-refractivity contribution in [2.75, 3.05) is 26.3 Å². The van der Waals surface area contributed by atoms with Gasteiger partial charge >= 0.3 is 0 Å². The number of amides is 3. The lowest BCUT2D eigenvalue weighted by molar-refractivity contribution is -0.121. The second kappa shape index (κ2) is 7.25. The Kier molecular flexibility index (Phi) is 4.80. The molecule has 2 aliphatic rings. The zero-order valence-electron chi connectivity index (χ0n) is 14.8. The molecule has 1 aromatic carbocycles. The molecule has 1 saturated heterocycles. The van der Waals surface area contributed by atoms with Gasteiger partial charge in [0.05, 0.1) is 11.1 Å². The van der Waals surface area contributed by atoms with Gasteiger partial charge in [0.1, 0.15) is 6.54 Å². The predicted molar refractivity (Wildman–Crippen MR) is 101 cm³/mol. The number of rotatable bonds is 5. The first-order chi connectivity index (χ1) is 13.1. The van der Waals surface area contributed by atoms with Crippen molar-refractivity contribution in [2.24, 2.45) is 0 Å². The average molecular weight is 384 g/mol. The normalized spacial score (nSPS) is 18.4. The van der Waals surface area contributed by atoms with Crippen molar-refractivity contribution in [2.45, 2.75) is 18.3 Å². The van der Waals surface area contributed by atoms with Crippen molar-refractivity contribution in [1.29, 1.82) is 0 Å². The number of hydrogen-bond acceptors (Lipinski definition) is 5. The SMILES string of the molecule is O=C(CN1C(=O)c2ccccc2C1=O)NCC1(c2ccsc2)CCOCC1. The Morgan fingerprint density at radius 2 is 1.78 bits per heavy atom. The van der Waals surface area contributed by atoms with Crippen molar-refractivity contribution < 1.29 is 19.1 Å². The number of carbonyl (C=O) groups excluding carboxylic acids is 3. The van der Waals surface area contributed by atoms with Crippen molar-refractivity contribution in [3.63, 3.8) is 0 Å². The van der Waals surface area contributed by atoms with Crippen molar-refractivity contribution in [3.8, 4) is 0 Å². The van der Waals surface area contributed by atoms with Crippen LogP contribution in [0.4, 0.5) is 0 Å². The Hall–Kier alpha value is -2.51. The van der Waals surface area contributed by atoms with Crippen LogP contribution in [0.15, 0.2) is 41.1 Å². The fraction of sp³-hybridized carbons (Fsp3) is 0.350. The monoisotopic (exact) mass is 384 g/mol. The topological polar surface area (TPSA) is 75.7 Å². The number of imide groups is 1. The number of hydrogen-bond donors (Lipinski definition) is 1. The first kappa shape index (κ1) is 17.9. The summed E-state index contributed by atoms with van der Waals surface area (Å²) < 4.78 is 5.49. The highest BCUT2D eigenvalue weighted by atomic mass is 32.1. The van der Waals surface area contributed by atoms with Gasteiger partial charge < -0.3 is 10.1 Å². The van der Waals surface area contributed by atoms with E-state index in [-0.39, 0.29) is 17.9 Å². The maximum atomic E-state index is 12.5. The number of carbonyl (C=O) groups is 3. The number of thiophene rings is 1. The summed E-state index contributed by atoms with van der Waals surface area (Å²) in [5.41, 5.74) is 1.76. The highest BCUT2D eigenvalue weighted by Gasteiger charge is 2.38. The van der Waals surface area contributed by atoms with E-state index in [1.54, 1.807) is 35.6 Å². The zero-order chi connectivity index (χ0) is 18.9. The van der Waals surface area contributed by atoms with Gasteiger partial charge in [-0.25, -0.2) is 0 Å². The third-order valence-electron chi connectivity index (χ3n) is 5.39. The summed E-state index contributed by atoms with van der Waals surface area (Å²) in [6.07, 6.45) is 1.66. The molecule has 0 radical (unpaired) electrons. The van der Waals surface area contributed by atoms with Crippen LogP contribution in [0.5, 0.6) is 0 Å². The number of benzene rings is 1. The second-order valence-corrected chi connectivity index (χ2v) is 7.70. The minimum absolute atomic E-state index is 0.157. The maximum absolute atomic E-state index is 12.5. The van der Waals surface area contributed by atoms with Gasteiger partial charge in [-0.3, -0.25) is 19.3 Å². The first-order valence-electron chi connectivity index (χ1n) is 8.93. The lowest BCUT2D eigenvalue weighted by atomic mass is 9.75. The molecule has 2 aliphatic heterocycles. The number of nitrogens with zero attached hydrogens (tertiary/aromatic N) is 1. The number of nitrogens with one attached hydrogen (secondary N) is 1. The van der Waals surface area contributed by atoms with E-state index in [0.717, 1.165) is 17.7 Å². The average Bonchev–Trinajstić information content (AvgIpc) is 3.32. The minimum Gasteiger partial charge on any atom is -0.381 e. The molecule has 0 aliphatic carbocycles. The Balaban J connectivity index is 1.43. The zero-order valence-corrected chi connectivity index (χ0v) is 15.6. The fourth-order valence-electron chi connectivity index (χ4n) is 3.75. The van der Waals surface area contributed by atoms with Crippen LogP contribution in [0, 0.1) is 0 Å². The van der Waals surface area contributed by atoms with E-state index in [2.05, 4.69) is 16.8 Å². The van der Waals surface area contributed by atoms with Crippen LogP contribution in [0.25, 0.3) is 0 Å². The van der Waals surface area contributed by atoms with E-state index in [1.807, 2.05) is 5.38 Å². The molecule has 0 atom stereocenters. The Bertz CT molecular complexity index is 837. The molecular weight excluding hydrogens is 364 g/mol. The van der Waals surface area contributed by atoms with Gasteiger partial charge in [0.2, 0.25) is 5.91 Å². The quantitative estimate of drug-likeness (QED) is 0.802. The summed E-state index contributed by atoms with van der Waals surface area (Å²) in [4.78, 5) is 38.3. The number of ether oxygens (including phenoxy) is 1. The summed E-state index contributed by atoms with van der Waals surface area (Å²) >= 11 is 1.63. The molecule has 0 spiro atoms. The van der Waals surface area contributed by atoms with E-state index < -0.39 is 11.8 Å². The van der Waals surface area contributed by atoms with Gasteiger partial charge in [-0.05, 0) is 47.4 Å². The van der Waals surface area contributed by atoms with Gasteiger partial charge in [-0.1, -0.05) is 12.1 Å². The molecule has 1 fully saturated rings. The highest BCUT2D eigenvalue weighted by molar-refractivity contribution is 7.08. The lowest BCUT2D eigenvalue weighted by Gasteiger charge is -2.37. The molecule has 140 valence electrons. The predicted octanol–water partition coefficient (Wildman–Crippen LogP) is 2.21. The summed E-state index contributed by atoms with van der Waals surface area (Å²) in [7, 11) is 0. The smallest absolute Gasteiger partial charge is 0.262 e. The first-order valence-corrected chi connectivity index (χ1v) is 9.87. The maximum Gasteiger partial charge on any atom is 0.262 e. The van der Waals surface area contributed by atoms with Crippen LogP contribution >= 0.6 is 11.3 Å². The van der Waals surface area contributed by atoms with Crippen molar-refractivity contribution in [1.82, 2.24) is 10.2 Å². The second-order valence-electron chi connectivity index (χ2n) is 6.92. The summed E-state index contributed by atoms with van der Waals surface area (Å²) in [5.74, 6) is -1.15. The van der Waals surface area contributed by atoms with Gasteiger partial charge in [0.15, 0.2) is 0 Å². The molecular formula is C20H20N2O4S. The molecule has 1 N–H and O–H groups in total. The third kappa shape index (κ3) is 3.28. The molecule has 3 amide bonds. The molecule has 1 aromatic heterocycles. The summed E-state index contributed by atoms with van der Waals surface area (Å²) in [5, 5.41) is 7.09. The van der Waals surface area contributed by atoms with E-state index in [0.29, 0.717) is 30.9 Å². The van der Waals surface area contributed by atoms with E-state index in [9.17, 15) is 14.4 Å². The van der Waals surface area contributed by atoms with Crippen LogP contribution in [-0.4, -0.2) is 48.9 Å². The molecule has 0 bridgehead atoms. The largest absolute Gasteiger partial charge is 0.381 e. The van der Waals surface area contributed by atoms with Crippen molar-refractivity contribution in [3.05, 3.63) is 57.8 Å².